The maximum absolute atomic E-state index is 14.7. The number of primary amides is 1. The maximum Gasteiger partial charge on any atom is 0.251 e. The van der Waals surface area contributed by atoms with Crippen LogP contribution in [-0.4, -0.2) is 30.3 Å². The molecule has 4 aromatic carbocycles. The van der Waals surface area contributed by atoms with Crippen LogP contribution >= 0.6 is 11.6 Å². The molecule has 1 fully saturated rings. The topological polar surface area (TPSA) is 95.7 Å². The fraction of sp³-hybridized carbons (Fsp3) is 0.256. The van der Waals surface area contributed by atoms with Crippen LogP contribution in [-0.2, 0) is 20.9 Å². The van der Waals surface area contributed by atoms with E-state index in [-0.39, 0.29) is 36.3 Å². The van der Waals surface area contributed by atoms with Crippen molar-refractivity contribution in [3.63, 3.8) is 0 Å². The molecule has 1 aliphatic heterocycles. The molecule has 0 aromatic heterocycles. The van der Waals surface area contributed by atoms with E-state index in [1.165, 1.54) is 6.07 Å². The van der Waals surface area contributed by atoms with Gasteiger partial charge >= 0.3 is 0 Å². The molecule has 3 atom stereocenters. The molecule has 9 heteroatoms. The van der Waals surface area contributed by atoms with Crippen LogP contribution in [0.25, 0.3) is 11.1 Å². The Bertz CT molecular complexity index is 1830. The van der Waals surface area contributed by atoms with E-state index >= 15 is 0 Å². The van der Waals surface area contributed by atoms with Gasteiger partial charge < -0.3 is 20.9 Å². The average molecular weight is 665 g/mol. The molecule has 1 heterocycles. The number of hydrogen-bond acceptors (Lipinski definition) is 4. The van der Waals surface area contributed by atoms with Gasteiger partial charge in [0.1, 0.15) is 11.9 Å². The molecular formula is C39H38ClFN4O3. The number of carbonyl (C=O) groups is 3. The third-order valence-corrected chi connectivity index (χ3v) is 9.48. The zero-order valence-corrected chi connectivity index (χ0v) is 27.3. The van der Waals surface area contributed by atoms with E-state index in [1.54, 1.807) is 23.1 Å². The first kappa shape index (κ1) is 33.0. The summed E-state index contributed by atoms with van der Waals surface area (Å²) in [5.74, 6) is -2.74. The van der Waals surface area contributed by atoms with Crippen molar-refractivity contribution < 1.29 is 18.8 Å². The van der Waals surface area contributed by atoms with Crippen LogP contribution in [0.3, 0.4) is 0 Å². The third-order valence-electron chi connectivity index (χ3n) is 9.19. The number of rotatable bonds is 12. The molecule has 3 unspecified atom stereocenters. The number of carbonyl (C=O) groups excluding carboxylic acids is 3. The minimum atomic E-state index is -0.942. The standard InChI is InChI=1S/C39H38ClFN4O3/c1-2-9-30(37(42)46)31(21-25-16-17-25)38(47)43-34-24-44(29-12-4-3-5-13-29)35-14-6-7-15-36(35)45(39(34)48)23-26-10-8-11-27(20-26)28-18-19-33(41)32(40)22-28/h2-8,10-15,18-20,22,25,30-31,34H,1,9,16-17,21,23-24H2,(H2,42,46)(H,43,47). The van der Waals surface area contributed by atoms with Crippen LogP contribution in [0.2, 0.25) is 5.02 Å². The van der Waals surface area contributed by atoms with Crippen LogP contribution in [0.1, 0.15) is 31.2 Å². The first-order valence-corrected chi connectivity index (χ1v) is 16.6. The van der Waals surface area contributed by atoms with E-state index in [0.717, 1.165) is 40.9 Å². The number of halogens is 2. The van der Waals surface area contributed by atoms with E-state index in [0.29, 0.717) is 18.0 Å². The molecule has 1 saturated carbocycles. The van der Waals surface area contributed by atoms with Crippen LogP contribution in [0, 0.1) is 23.6 Å². The van der Waals surface area contributed by atoms with Crippen LogP contribution in [0.4, 0.5) is 21.5 Å². The number of nitrogens with one attached hydrogen (secondary N) is 1. The third kappa shape index (κ3) is 7.29. The summed E-state index contributed by atoms with van der Waals surface area (Å²) in [6.07, 6.45) is 4.42. The molecule has 1 aliphatic carbocycles. The summed E-state index contributed by atoms with van der Waals surface area (Å²) in [4.78, 5) is 45.1. The summed E-state index contributed by atoms with van der Waals surface area (Å²) >= 11 is 6.08. The normalized spacial score (nSPS) is 17.2. The van der Waals surface area contributed by atoms with Crippen LogP contribution < -0.4 is 20.9 Å². The van der Waals surface area contributed by atoms with Crippen molar-refractivity contribution in [1.82, 2.24) is 5.32 Å². The van der Waals surface area contributed by atoms with Crippen molar-refractivity contribution in [2.24, 2.45) is 23.5 Å². The fourth-order valence-electron chi connectivity index (χ4n) is 6.52. The number of benzene rings is 4. The first-order valence-electron chi connectivity index (χ1n) is 16.2. The number of nitrogens with zero attached hydrogens (tertiary/aromatic N) is 2. The molecule has 0 spiro atoms. The maximum atomic E-state index is 14.7. The van der Waals surface area contributed by atoms with Crippen molar-refractivity contribution in [2.45, 2.75) is 38.3 Å². The summed E-state index contributed by atoms with van der Waals surface area (Å²) < 4.78 is 13.9. The molecule has 0 radical (unpaired) electrons. The van der Waals surface area contributed by atoms with Gasteiger partial charge in [-0.25, -0.2) is 4.39 Å². The lowest BCUT2D eigenvalue weighted by molar-refractivity contribution is -0.135. The number of anilines is 3. The Labute approximate surface area is 285 Å². The van der Waals surface area contributed by atoms with Crippen molar-refractivity contribution in [1.29, 1.82) is 0 Å². The van der Waals surface area contributed by atoms with Gasteiger partial charge in [-0.05, 0) is 77.9 Å². The predicted molar refractivity (Wildman–Crippen MR) is 188 cm³/mol. The van der Waals surface area contributed by atoms with Gasteiger partial charge in [-0.15, -0.1) is 6.58 Å². The van der Waals surface area contributed by atoms with Gasteiger partial charge in [0.2, 0.25) is 11.8 Å². The minimum Gasteiger partial charge on any atom is -0.369 e. The number of fused-ring (bicyclic) bond motifs is 1. The Hall–Kier alpha value is -4.95. The predicted octanol–water partition coefficient (Wildman–Crippen LogP) is 7.41. The number of nitrogens with two attached hydrogens (primary N) is 1. The molecular weight excluding hydrogens is 627 g/mol. The number of amides is 3. The lowest BCUT2D eigenvalue weighted by atomic mass is 9.84. The van der Waals surface area contributed by atoms with Gasteiger partial charge in [0.05, 0.1) is 41.3 Å². The first-order chi connectivity index (χ1) is 23.2. The zero-order valence-electron chi connectivity index (χ0n) is 26.5. The van der Waals surface area contributed by atoms with Gasteiger partial charge in [-0.1, -0.05) is 85.1 Å². The highest BCUT2D eigenvalue weighted by molar-refractivity contribution is 6.31. The molecule has 0 bridgehead atoms. The van der Waals surface area contributed by atoms with Gasteiger partial charge in [-0.2, -0.15) is 0 Å². The smallest absolute Gasteiger partial charge is 0.251 e. The monoisotopic (exact) mass is 664 g/mol. The highest BCUT2D eigenvalue weighted by atomic mass is 35.5. The number of para-hydroxylation sites is 3. The lowest BCUT2D eigenvalue weighted by Crippen LogP contribution is -2.54. The lowest BCUT2D eigenvalue weighted by Gasteiger charge is -2.29. The Morgan fingerprint density at radius 2 is 1.65 bits per heavy atom. The van der Waals surface area contributed by atoms with Crippen molar-refractivity contribution >= 4 is 46.4 Å². The Kier molecular flexibility index (Phi) is 9.92. The summed E-state index contributed by atoms with van der Waals surface area (Å²) in [6, 6.07) is 28.7. The van der Waals surface area contributed by atoms with Crippen molar-refractivity contribution in [3.8, 4) is 11.1 Å². The minimum absolute atomic E-state index is 0.0285. The summed E-state index contributed by atoms with van der Waals surface area (Å²) in [6.45, 7) is 4.16. The Balaban J connectivity index is 1.38. The second-order valence-electron chi connectivity index (χ2n) is 12.6. The fourth-order valence-corrected chi connectivity index (χ4v) is 6.70. The van der Waals surface area contributed by atoms with Crippen molar-refractivity contribution in [2.75, 3.05) is 16.3 Å². The molecule has 2 aliphatic rings. The Morgan fingerprint density at radius 3 is 2.33 bits per heavy atom. The van der Waals surface area contributed by atoms with Crippen LogP contribution in [0.5, 0.6) is 0 Å². The van der Waals surface area contributed by atoms with E-state index < -0.39 is 29.6 Å². The summed E-state index contributed by atoms with van der Waals surface area (Å²) in [5.41, 5.74) is 10.6. The van der Waals surface area contributed by atoms with Gasteiger partial charge in [0, 0.05) is 5.69 Å². The van der Waals surface area contributed by atoms with Gasteiger partial charge in [0.25, 0.3) is 5.91 Å². The Morgan fingerprint density at radius 1 is 0.938 bits per heavy atom. The molecule has 246 valence electrons. The van der Waals surface area contributed by atoms with Gasteiger partial charge in [0.15, 0.2) is 0 Å². The van der Waals surface area contributed by atoms with Crippen LogP contribution in [0.15, 0.2) is 110 Å². The highest BCUT2D eigenvalue weighted by Crippen LogP contribution is 2.40. The number of allylic oxidation sites excluding steroid dienone is 1. The molecule has 48 heavy (non-hydrogen) atoms. The van der Waals surface area contributed by atoms with Crippen molar-refractivity contribution in [3.05, 3.63) is 126 Å². The molecule has 6 rings (SSSR count). The molecule has 7 nitrogen and oxygen atoms in total. The molecule has 3 amide bonds. The van der Waals surface area contributed by atoms with Gasteiger partial charge in [-0.3, -0.25) is 14.4 Å². The highest BCUT2D eigenvalue weighted by Gasteiger charge is 2.40. The average Bonchev–Trinajstić information content (AvgIpc) is 3.93. The molecule has 0 saturated heterocycles. The molecule has 4 aromatic rings. The second-order valence-corrected chi connectivity index (χ2v) is 13.0. The SMILES string of the molecule is C=CCC(C(N)=O)C(CC1CC1)C(=O)NC1CN(c2ccccc2)c2ccccc2N(Cc2cccc(-c3ccc(F)c(Cl)c3)c2)C1=O. The van der Waals surface area contributed by atoms with E-state index in [1.807, 2.05) is 83.8 Å². The second kappa shape index (κ2) is 14.4. The van der Waals surface area contributed by atoms with E-state index in [9.17, 15) is 18.8 Å². The summed E-state index contributed by atoms with van der Waals surface area (Å²) in [5, 5.41) is 3.10. The molecule has 3 N–H and O–H groups in total. The largest absolute Gasteiger partial charge is 0.369 e. The zero-order chi connectivity index (χ0) is 33.8. The van der Waals surface area contributed by atoms with E-state index in [4.69, 9.17) is 17.3 Å². The quantitative estimate of drug-likeness (QED) is 0.154. The number of hydrogen-bond donors (Lipinski definition) is 2. The summed E-state index contributed by atoms with van der Waals surface area (Å²) in [7, 11) is 0. The van der Waals surface area contributed by atoms with E-state index in [2.05, 4.69) is 11.9 Å².